The summed E-state index contributed by atoms with van der Waals surface area (Å²) >= 11 is 0. The minimum Gasteiger partial charge on any atom is -0.0625 e. The van der Waals surface area contributed by atoms with E-state index in [-0.39, 0.29) is 0 Å². The molecule has 0 spiro atoms. The van der Waals surface area contributed by atoms with Crippen LogP contribution in [-0.4, -0.2) is 0 Å². The molecule has 2 aliphatic rings. The molecule has 0 nitrogen and oxygen atoms in total. The van der Waals surface area contributed by atoms with Gasteiger partial charge < -0.3 is 0 Å². The van der Waals surface area contributed by atoms with Crippen molar-refractivity contribution >= 4 is 0 Å². The van der Waals surface area contributed by atoms with E-state index in [1.807, 2.05) is 0 Å². The van der Waals surface area contributed by atoms with Gasteiger partial charge in [-0.3, -0.25) is 0 Å². The fourth-order valence-electron chi connectivity index (χ4n) is 4.54. The standard InChI is InChI=1S/C22H34/c1-17-3-7-19(8-4-17)15-21-11-13-22(14-12-21)16-20-9-5-18(2)6-10-20/h11-14,17-20H,3-10,15-16H2,1-2H3. The number of hydrogen-bond acceptors (Lipinski definition) is 0. The van der Waals surface area contributed by atoms with Gasteiger partial charge in [-0.1, -0.05) is 63.8 Å². The Morgan fingerprint density at radius 1 is 0.591 bits per heavy atom. The highest BCUT2D eigenvalue weighted by Crippen LogP contribution is 2.32. The molecule has 0 aromatic heterocycles. The molecule has 0 radical (unpaired) electrons. The molecule has 0 atom stereocenters. The van der Waals surface area contributed by atoms with Crippen LogP contribution >= 0.6 is 0 Å². The maximum atomic E-state index is 2.42. The van der Waals surface area contributed by atoms with Crippen LogP contribution in [0.2, 0.25) is 0 Å². The third kappa shape index (κ3) is 4.61. The van der Waals surface area contributed by atoms with Crippen molar-refractivity contribution in [2.75, 3.05) is 0 Å². The number of rotatable bonds is 4. The molecule has 2 aliphatic carbocycles. The summed E-state index contributed by atoms with van der Waals surface area (Å²) in [6.45, 7) is 4.83. The molecule has 0 heteroatoms. The Kier molecular flexibility index (Phi) is 5.61. The molecule has 1 aromatic rings. The van der Waals surface area contributed by atoms with Gasteiger partial charge >= 0.3 is 0 Å². The van der Waals surface area contributed by atoms with Crippen molar-refractivity contribution < 1.29 is 0 Å². The highest BCUT2D eigenvalue weighted by Gasteiger charge is 2.19. The molecule has 0 unspecified atom stereocenters. The van der Waals surface area contributed by atoms with Gasteiger partial charge in [0.15, 0.2) is 0 Å². The van der Waals surface area contributed by atoms with Crippen molar-refractivity contribution in [2.24, 2.45) is 23.7 Å². The molecule has 2 saturated carbocycles. The summed E-state index contributed by atoms with van der Waals surface area (Å²) in [6, 6.07) is 9.66. The fourth-order valence-corrected chi connectivity index (χ4v) is 4.54. The second-order valence-electron chi connectivity index (χ2n) is 8.48. The molecular weight excluding hydrogens is 264 g/mol. The van der Waals surface area contributed by atoms with Crippen molar-refractivity contribution in [3.8, 4) is 0 Å². The lowest BCUT2D eigenvalue weighted by atomic mass is 9.79. The topological polar surface area (TPSA) is 0 Å². The lowest BCUT2D eigenvalue weighted by molar-refractivity contribution is 0.288. The van der Waals surface area contributed by atoms with Gasteiger partial charge in [0.25, 0.3) is 0 Å². The minimum absolute atomic E-state index is 0.946. The van der Waals surface area contributed by atoms with Gasteiger partial charge in [0.1, 0.15) is 0 Å². The van der Waals surface area contributed by atoms with Gasteiger partial charge in [-0.25, -0.2) is 0 Å². The molecule has 2 fully saturated rings. The van der Waals surface area contributed by atoms with E-state index in [4.69, 9.17) is 0 Å². The van der Waals surface area contributed by atoms with Gasteiger partial charge in [0.05, 0.1) is 0 Å². The second kappa shape index (κ2) is 7.66. The average Bonchev–Trinajstić information content (AvgIpc) is 2.54. The Bertz CT molecular complexity index is 385. The first kappa shape index (κ1) is 16.1. The van der Waals surface area contributed by atoms with Crippen LogP contribution in [0.5, 0.6) is 0 Å². The molecule has 1 aromatic carbocycles. The zero-order chi connectivity index (χ0) is 15.4. The van der Waals surface area contributed by atoms with Crippen LogP contribution in [-0.2, 0) is 12.8 Å². The Labute approximate surface area is 137 Å². The van der Waals surface area contributed by atoms with E-state index < -0.39 is 0 Å². The van der Waals surface area contributed by atoms with Gasteiger partial charge in [-0.05, 0) is 73.3 Å². The summed E-state index contributed by atoms with van der Waals surface area (Å²) < 4.78 is 0. The second-order valence-corrected chi connectivity index (χ2v) is 8.48. The molecular formula is C22H34. The lowest BCUT2D eigenvalue weighted by Crippen LogP contribution is -2.15. The van der Waals surface area contributed by atoms with Crippen molar-refractivity contribution in [3.63, 3.8) is 0 Å². The van der Waals surface area contributed by atoms with E-state index in [1.54, 1.807) is 11.1 Å². The van der Waals surface area contributed by atoms with Gasteiger partial charge in [0, 0.05) is 0 Å². The van der Waals surface area contributed by atoms with Crippen molar-refractivity contribution in [1.29, 1.82) is 0 Å². The first-order valence-electron chi connectivity index (χ1n) is 9.77. The van der Waals surface area contributed by atoms with Crippen LogP contribution in [0.3, 0.4) is 0 Å². The third-order valence-corrected chi connectivity index (χ3v) is 6.34. The largest absolute Gasteiger partial charge is 0.0625 e. The third-order valence-electron chi connectivity index (χ3n) is 6.34. The molecule has 0 bridgehead atoms. The summed E-state index contributed by atoms with van der Waals surface area (Å²) in [4.78, 5) is 0. The predicted octanol–water partition coefficient (Wildman–Crippen LogP) is 6.42. The SMILES string of the molecule is CC1CCC(Cc2ccc(CC3CCC(C)CC3)cc2)CC1. The molecule has 3 rings (SSSR count). The molecule has 0 saturated heterocycles. The normalized spacial score (nSPS) is 32.8. The van der Waals surface area contributed by atoms with Crippen LogP contribution in [0.1, 0.15) is 76.3 Å². The van der Waals surface area contributed by atoms with E-state index in [0.717, 1.165) is 23.7 Å². The molecule has 0 N–H and O–H groups in total. The summed E-state index contributed by atoms with van der Waals surface area (Å²) in [5.74, 6) is 3.83. The summed E-state index contributed by atoms with van der Waals surface area (Å²) in [5.41, 5.74) is 3.14. The summed E-state index contributed by atoms with van der Waals surface area (Å²) in [5, 5.41) is 0. The average molecular weight is 299 g/mol. The van der Waals surface area contributed by atoms with Crippen molar-refractivity contribution in [2.45, 2.75) is 78.1 Å². The predicted molar refractivity (Wildman–Crippen MR) is 96.1 cm³/mol. The van der Waals surface area contributed by atoms with Crippen LogP contribution in [0.15, 0.2) is 24.3 Å². The van der Waals surface area contributed by atoms with Crippen LogP contribution < -0.4 is 0 Å². The maximum absolute atomic E-state index is 2.42. The van der Waals surface area contributed by atoms with E-state index >= 15 is 0 Å². The van der Waals surface area contributed by atoms with Crippen molar-refractivity contribution in [1.82, 2.24) is 0 Å². The first-order valence-corrected chi connectivity index (χ1v) is 9.77. The zero-order valence-corrected chi connectivity index (χ0v) is 14.7. The van der Waals surface area contributed by atoms with Gasteiger partial charge in [-0.2, -0.15) is 0 Å². The van der Waals surface area contributed by atoms with Crippen LogP contribution in [0.4, 0.5) is 0 Å². The quantitative estimate of drug-likeness (QED) is 0.601. The number of hydrogen-bond donors (Lipinski definition) is 0. The van der Waals surface area contributed by atoms with Crippen LogP contribution in [0, 0.1) is 23.7 Å². The molecule has 122 valence electrons. The Balaban J connectivity index is 1.47. The Morgan fingerprint density at radius 3 is 1.23 bits per heavy atom. The first-order chi connectivity index (χ1) is 10.7. The molecule has 22 heavy (non-hydrogen) atoms. The zero-order valence-electron chi connectivity index (χ0n) is 14.7. The van der Waals surface area contributed by atoms with E-state index in [2.05, 4.69) is 38.1 Å². The molecule has 0 heterocycles. The molecule has 0 aliphatic heterocycles. The highest BCUT2D eigenvalue weighted by molar-refractivity contribution is 5.23. The Hall–Kier alpha value is -0.780. The lowest BCUT2D eigenvalue weighted by Gasteiger charge is -2.27. The fraction of sp³-hybridized carbons (Fsp3) is 0.727. The Morgan fingerprint density at radius 2 is 0.909 bits per heavy atom. The maximum Gasteiger partial charge on any atom is -0.0250 e. The summed E-state index contributed by atoms with van der Waals surface area (Å²) in [6.07, 6.45) is 14.2. The molecule has 0 amide bonds. The summed E-state index contributed by atoms with van der Waals surface area (Å²) in [7, 11) is 0. The van der Waals surface area contributed by atoms with Gasteiger partial charge in [0.2, 0.25) is 0 Å². The van der Waals surface area contributed by atoms with Gasteiger partial charge in [-0.15, -0.1) is 0 Å². The monoisotopic (exact) mass is 298 g/mol. The van der Waals surface area contributed by atoms with E-state index in [1.165, 1.54) is 64.2 Å². The van der Waals surface area contributed by atoms with Crippen molar-refractivity contribution in [3.05, 3.63) is 35.4 Å². The van der Waals surface area contributed by atoms with E-state index in [0.29, 0.717) is 0 Å². The minimum atomic E-state index is 0.946. The van der Waals surface area contributed by atoms with E-state index in [9.17, 15) is 0 Å². The van der Waals surface area contributed by atoms with Crippen LogP contribution in [0.25, 0.3) is 0 Å². The smallest absolute Gasteiger partial charge is 0.0250 e. The highest BCUT2D eigenvalue weighted by atomic mass is 14.3. The number of benzene rings is 1.